The van der Waals surface area contributed by atoms with Crippen LogP contribution in [-0.2, 0) is 14.3 Å². The average molecular weight is 375 g/mol. The normalized spacial score (nSPS) is 15.7. The molecule has 0 heterocycles. The molecular weight excluding hydrogens is 348 g/mol. The highest BCUT2D eigenvalue weighted by Gasteiger charge is 2.16. The summed E-state index contributed by atoms with van der Waals surface area (Å²) >= 11 is 0. The molecule has 140 valence electrons. The van der Waals surface area contributed by atoms with E-state index < -0.39 is 10.1 Å². The van der Waals surface area contributed by atoms with Gasteiger partial charge in [0.1, 0.15) is 19.0 Å². The molecule has 0 radical (unpaired) electrons. The van der Waals surface area contributed by atoms with E-state index in [4.69, 9.17) is 8.92 Å². The highest BCUT2D eigenvalue weighted by molar-refractivity contribution is 7.86. The molecule has 0 saturated heterocycles. The lowest BCUT2D eigenvalue weighted by Gasteiger charge is -2.22. The molecule has 0 spiro atoms. The molecule has 0 amide bonds. The summed E-state index contributed by atoms with van der Waals surface area (Å²) in [7, 11) is -3.73. The van der Waals surface area contributed by atoms with Gasteiger partial charge in [0.15, 0.2) is 0 Å². The van der Waals surface area contributed by atoms with Crippen LogP contribution in [0.15, 0.2) is 53.4 Å². The van der Waals surface area contributed by atoms with Crippen molar-refractivity contribution in [2.45, 2.75) is 49.8 Å². The number of rotatable bonds is 7. The van der Waals surface area contributed by atoms with Crippen LogP contribution in [-0.4, -0.2) is 21.6 Å². The Kier molecular flexibility index (Phi) is 6.33. The van der Waals surface area contributed by atoms with Crippen LogP contribution >= 0.6 is 0 Å². The van der Waals surface area contributed by atoms with Crippen molar-refractivity contribution in [2.24, 2.45) is 0 Å². The fourth-order valence-electron chi connectivity index (χ4n) is 3.35. The molecule has 2 aromatic rings. The fourth-order valence-corrected chi connectivity index (χ4v) is 4.24. The predicted octanol–water partition coefficient (Wildman–Crippen LogP) is 4.83. The first kappa shape index (κ1) is 18.9. The fraction of sp³-hybridized carbons (Fsp3) is 0.429. The lowest BCUT2D eigenvalue weighted by Crippen LogP contribution is -2.13. The van der Waals surface area contributed by atoms with Gasteiger partial charge in [-0.1, -0.05) is 49.1 Å². The van der Waals surface area contributed by atoms with Gasteiger partial charge in [-0.2, -0.15) is 8.42 Å². The molecule has 1 saturated carbocycles. The molecule has 3 rings (SSSR count). The largest absolute Gasteiger partial charge is 0.491 e. The summed E-state index contributed by atoms with van der Waals surface area (Å²) in [6.45, 7) is 2.08. The van der Waals surface area contributed by atoms with E-state index in [-0.39, 0.29) is 18.1 Å². The Morgan fingerprint density at radius 1 is 0.885 bits per heavy atom. The third-order valence-electron chi connectivity index (χ3n) is 4.86. The van der Waals surface area contributed by atoms with Gasteiger partial charge in [0, 0.05) is 0 Å². The Hall–Kier alpha value is -1.85. The van der Waals surface area contributed by atoms with Crippen molar-refractivity contribution in [3.05, 3.63) is 59.7 Å². The minimum Gasteiger partial charge on any atom is -0.491 e. The molecule has 0 aliphatic heterocycles. The lowest BCUT2D eigenvalue weighted by molar-refractivity contribution is 0.221. The summed E-state index contributed by atoms with van der Waals surface area (Å²) < 4.78 is 34.8. The van der Waals surface area contributed by atoms with E-state index in [1.807, 2.05) is 19.1 Å². The van der Waals surface area contributed by atoms with Crippen LogP contribution in [0.5, 0.6) is 5.75 Å². The summed E-state index contributed by atoms with van der Waals surface area (Å²) in [5.74, 6) is 1.40. The second kappa shape index (κ2) is 8.69. The zero-order chi connectivity index (χ0) is 18.4. The average Bonchev–Trinajstić information content (AvgIpc) is 2.67. The second-order valence-electron chi connectivity index (χ2n) is 6.84. The molecule has 2 aromatic carbocycles. The van der Waals surface area contributed by atoms with Crippen molar-refractivity contribution < 1.29 is 17.3 Å². The van der Waals surface area contributed by atoms with E-state index in [1.54, 1.807) is 24.3 Å². The lowest BCUT2D eigenvalue weighted by atomic mass is 9.84. The predicted molar refractivity (Wildman–Crippen MR) is 102 cm³/mol. The van der Waals surface area contributed by atoms with Crippen molar-refractivity contribution in [1.29, 1.82) is 0 Å². The van der Waals surface area contributed by atoms with Crippen LogP contribution in [0, 0.1) is 6.92 Å². The van der Waals surface area contributed by atoms with Crippen LogP contribution in [0.25, 0.3) is 0 Å². The molecule has 26 heavy (non-hydrogen) atoms. The molecule has 0 unspecified atom stereocenters. The zero-order valence-electron chi connectivity index (χ0n) is 15.2. The van der Waals surface area contributed by atoms with Gasteiger partial charge in [0.25, 0.3) is 10.1 Å². The SMILES string of the molecule is Cc1ccc(S(=O)(=O)OCCOc2ccc(C3CCCCC3)cc2)cc1. The molecule has 1 aliphatic rings. The van der Waals surface area contributed by atoms with Gasteiger partial charge in [-0.05, 0) is 55.5 Å². The Morgan fingerprint density at radius 2 is 1.54 bits per heavy atom. The van der Waals surface area contributed by atoms with Crippen LogP contribution in [0.1, 0.15) is 49.1 Å². The number of hydrogen-bond donors (Lipinski definition) is 0. The van der Waals surface area contributed by atoms with Crippen molar-refractivity contribution in [3.63, 3.8) is 0 Å². The third-order valence-corrected chi connectivity index (χ3v) is 6.18. The highest BCUT2D eigenvalue weighted by Crippen LogP contribution is 2.33. The van der Waals surface area contributed by atoms with Crippen LogP contribution < -0.4 is 4.74 Å². The quantitative estimate of drug-likeness (QED) is 0.515. The second-order valence-corrected chi connectivity index (χ2v) is 8.46. The zero-order valence-corrected chi connectivity index (χ0v) is 16.0. The Morgan fingerprint density at radius 3 is 2.19 bits per heavy atom. The maximum absolute atomic E-state index is 12.1. The minimum absolute atomic E-state index is 0.0133. The van der Waals surface area contributed by atoms with Crippen molar-refractivity contribution in [1.82, 2.24) is 0 Å². The molecule has 0 aromatic heterocycles. The van der Waals surface area contributed by atoms with Crippen molar-refractivity contribution in [2.75, 3.05) is 13.2 Å². The molecule has 4 nitrogen and oxygen atoms in total. The van der Waals surface area contributed by atoms with E-state index in [0.29, 0.717) is 5.92 Å². The number of hydrogen-bond acceptors (Lipinski definition) is 4. The van der Waals surface area contributed by atoms with E-state index in [2.05, 4.69) is 12.1 Å². The molecule has 0 bridgehead atoms. The standard InChI is InChI=1S/C21H26O4S/c1-17-7-13-21(14-8-17)26(22,23)25-16-15-24-20-11-9-19(10-12-20)18-5-3-2-4-6-18/h7-14,18H,2-6,15-16H2,1H3. The van der Waals surface area contributed by atoms with Gasteiger partial charge in [-0.15, -0.1) is 0 Å². The summed E-state index contributed by atoms with van der Waals surface area (Å²) in [5.41, 5.74) is 2.37. The highest BCUT2D eigenvalue weighted by atomic mass is 32.2. The first-order valence-corrected chi connectivity index (χ1v) is 10.6. The summed E-state index contributed by atoms with van der Waals surface area (Å²) in [5, 5.41) is 0. The van der Waals surface area contributed by atoms with E-state index >= 15 is 0 Å². The van der Waals surface area contributed by atoms with E-state index in [0.717, 1.165) is 11.3 Å². The third kappa shape index (κ3) is 5.08. The van der Waals surface area contributed by atoms with Crippen molar-refractivity contribution in [3.8, 4) is 5.75 Å². The Bertz CT molecular complexity index is 789. The van der Waals surface area contributed by atoms with Gasteiger partial charge in [0.2, 0.25) is 0 Å². The molecular formula is C21H26O4S. The monoisotopic (exact) mass is 374 g/mol. The number of benzene rings is 2. The summed E-state index contributed by atoms with van der Waals surface area (Å²) in [4.78, 5) is 0.167. The van der Waals surface area contributed by atoms with Gasteiger partial charge in [-0.3, -0.25) is 4.18 Å². The number of ether oxygens (including phenoxy) is 1. The van der Waals surface area contributed by atoms with E-state index in [1.165, 1.54) is 37.7 Å². The molecule has 1 fully saturated rings. The smallest absolute Gasteiger partial charge is 0.297 e. The maximum Gasteiger partial charge on any atom is 0.297 e. The van der Waals surface area contributed by atoms with Crippen LogP contribution in [0.2, 0.25) is 0 Å². The van der Waals surface area contributed by atoms with Crippen LogP contribution in [0.4, 0.5) is 0 Å². The maximum atomic E-state index is 12.1. The van der Waals surface area contributed by atoms with Gasteiger partial charge < -0.3 is 4.74 Å². The van der Waals surface area contributed by atoms with Crippen LogP contribution in [0.3, 0.4) is 0 Å². The molecule has 0 atom stereocenters. The molecule has 1 aliphatic carbocycles. The van der Waals surface area contributed by atoms with Gasteiger partial charge in [0.05, 0.1) is 4.90 Å². The number of aryl methyl sites for hydroxylation is 1. The molecule has 0 N–H and O–H groups in total. The topological polar surface area (TPSA) is 52.6 Å². The Balaban J connectivity index is 1.46. The minimum atomic E-state index is -3.73. The first-order chi connectivity index (χ1) is 12.5. The molecule has 5 heteroatoms. The van der Waals surface area contributed by atoms with Gasteiger partial charge in [-0.25, -0.2) is 0 Å². The van der Waals surface area contributed by atoms with E-state index in [9.17, 15) is 8.42 Å². The first-order valence-electron chi connectivity index (χ1n) is 9.23. The van der Waals surface area contributed by atoms with Gasteiger partial charge >= 0.3 is 0 Å². The Labute approximate surface area is 156 Å². The summed E-state index contributed by atoms with van der Waals surface area (Å²) in [6.07, 6.45) is 6.52. The van der Waals surface area contributed by atoms with Crippen molar-refractivity contribution >= 4 is 10.1 Å². The summed E-state index contributed by atoms with van der Waals surface area (Å²) in [6, 6.07) is 14.8.